The van der Waals surface area contributed by atoms with Gasteiger partial charge in [0.2, 0.25) is 0 Å². The van der Waals surface area contributed by atoms with Gasteiger partial charge in [0, 0.05) is 23.8 Å². The molecular weight excluding hydrogens is 705 g/mol. The minimum absolute atomic E-state index is 0.658. The van der Waals surface area contributed by atoms with Crippen LogP contribution in [0.2, 0.25) is 0 Å². The standard InChI is InChI=1S/C54H38N4/c1-3-19-39(20-4-1)57(41-23-17-35-55-37-41)51-33-15-13-31-49(51)53-43-25-7-10-28-46(43)54(47-29-11-8-26-44(47)53,48-30-12-9-27-45(48)53)50-32-14-16-34-52(50)58(40-21-5-2-6-22-40)42-24-18-36-56-38-42/h1-38H. The monoisotopic (exact) mass is 742 g/mol. The van der Waals surface area contributed by atoms with Gasteiger partial charge in [-0.3, -0.25) is 9.97 Å². The molecule has 0 amide bonds. The highest BCUT2D eigenvalue weighted by molar-refractivity contribution is 5.90. The second-order valence-electron chi connectivity index (χ2n) is 14.9. The molecule has 4 nitrogen and oxygen atoms in total. The summed E-state index contributed by atoms with van der Waals surface area (Å²) in [5, 5.41) is 0. The van der Waals surface area contributed by atoms with Crippen LogP contribution in [0.1, 0.15) is 44.5 Å². The molecule has 0 radical (unpaired) electrons. The minimum atomic E-state index is -0.658. The predicted molar refractivity (Wildman–Crippen MR) is 235 cm³/mol. The summed E-state index contributed by atoms with van der Waals surface area (Å²) < 4.78 is 0. The molecule has 0 spiro atoms. The summed E-state index contributed by atoms with van der Waals surface area (Å²) in [5.41, 5.74) is 15.1. The molecule has 0 fully saturated rings. The van der Waals surface area contributed by atoms with Crippen LogP contribution in [0.25, 0.3) is 0 Å². The number of nitrogens with zero attached hydrogens (tertiary/aromatic N) is 4. The summed E-state index contributed by atoms with van der Waals surface area (Å²) in [5.74, 6) is 0. The van der Waals surface area contributed by atoms with Crippen LogP contribution >= 0.6 is 0 Å². The van der Waals surface area contributed by atoms with Crippen molar-refractivity contribution in [3.8, 4) is 0 Å². The SMILES string of the molecule is c1ccc(N(c2cccnc2)c2ccccc2C23c4ccccc4C(c4ccccc4N(c4ccccc4)c4cccnc4)(c4ccccc42)c2ccccc23)cc1. The van der Waals surface area contributed by atoms with Crippen molar-refractivity contribution >= 4 is 34.1 Å². The zero-order valence-electron chi connectivity index (χ0n) is 31.7. The molecule has 0 saturated heterocycles. The number of pyridine rings is 2. The van der Waals surface area contributed by atoms with Crippen LogP contribution < -0.4 is 9.80 Å². The predicted octanol–water partition coefficient (Wildman–Crippen LogP) is 12.8. The van der Waals surface area contributed by atoms with Gasteiger partial charge in [-0.25, -0.2) is 0 Å². The number of para-hydroxylation sites is 4. The molecule has 0 N–H and O–H groups in total. The lowest BCUT2D eigenvalue weighted by molar-refractivity contribution is 0.558. The van der Waals surface area contributed by atoms with Gasteiger partial charge in [-0.05, 0) is 105 Å². The molecule has 0 atom stereocenters. The average Bonchev–Trinajstić information content (AvgIpc) is 3.31. The zero-order valence-corrected chi connectivity index (χ0v) is 31.7. The highest BCUT2D eigenvalue weighted by atomic mass is 15.2. The first-order valence-electron chi connectivity index (χ1n) is 19.8. The Balaban J connectivity index is 1.26. The Bertz CT molecular complexity index is 2510. The molecule has 0 saturated carbocycles. The Morgan fingerprint density at radius 2 is 0.534 bits per heavy atom. The molecule has 58 heavy (non-hydrogen) atoms. The first-order valence-corrected chi connectivity index (χ1v) is 19.8. The molecule has 2 aromatic heterocycles. The van der Waals surface area contributed by atoms with Crippen molar-refractivity contribution in [3.63, 3.8) is 0 Å². The largest absolute Gasteiger partial charge is 0.309 e. The van der Waals surface area contributed by atoms with Crippen molar-refractivity contribution in [1.29, 1.82) is 0 Å². The summed E-state index contributed by atoms with van der Waals surface area (Å²) in [6.45, 7) is 0. The van der Waals surface area contributed by atoms with E-state index in [9.17, 15) is 0 Å². The van der Waals surface area contributed by atoms with Crippen LogP contribution in [0, 0.1) is 0 Å². The molecule has 7 aromatic carbocycles. The minimum Gasteiger partial charge on any atom is -0.309 e. The Morgan fingerprint density at radius 1 is 0.259 bits per heavy atom. The number of benzene rings is 7. The zero-order chi connectivity index (χ0) is 38.5. The van der Waals surface area contributed by atoms with Crippen LogP contribution in [0.15, 0.2) is 231 Å². The number of anilines is 6. The van der Waals surface area contributed by atoms with E-state index in [1.54, 1.807) is 0 Å². The lowest BCUT2D eigenvalue weighted by Gasteiger charge is -2.58. The Kier molecular flexibility index (Phi) is 7.90. The molecule has 2 heterocycles. The first kappa shape index (κ1) is 33.8. The fourth-order valence-electron chi connectivity index (χ4n) is 10.1. The van der Waals surface area contributed by atoms with Crippen LogP contribution in [0.5, 0.6) is 0 Å². The van der Waals surface area contributed by atoms with E-state index in [1.165, 1.54) is 44.5 Å². The third-order valence-electron chi connectivity index (χ3n) is 12.1. The molecule has 4 heteroatoms. The number of hydrogen-bond acceptors (Lipinski definition) is 4. The number of hydrogen-bond donors (Lipinski definition) is 0. The molecule has 3 aliphatic rings. The van der Waals surface area contributed by atoms with Gasteiger partial charge in [0.05, 0.1) is 46.0 Å². The van der Waals surface area contributed by atoms with Gasteiger partial charge in [0.25, 0.3) is 0 Å². The van der Waals surface area contributed by atoms with Gasteiger partial charge in [0.1, 0.15) is 0 Å². The lowest BCUT2D eigenvalue weighted by atomic mass is 9.44. The fraction of sp³-hybridized carbons (Fsp3) is 0.0370. The second kappa shape index (κ2) is 13.6. The summed E-state index contributed by atoms with van der Waals surface area (Å²) in [6.07, 6.45) is 7.60. The molecular formula is C54H38N4. The van der Waals surface area contributed by atoms with Crippen LogP contribution in [0.4, 0.5) is 34.1 Å². The maximum absolute atomic E-state index is 4.61. The second-order valence-corrected chi connectivity index (χ2v) is 14.9. The molecule has 0 aliphatic heterocycles. The Hall–Kier alpha value is -7.56. The molecule has 12 rings (SSSR count). The van der Waals surface area contributed by atoms with E-state index in [-0.39, 0.29) is 0 Å². The third kappa shape index (κ3) is 4.75. The van der Waals surface area contributed by atoms with E-state index in [1.807, 2.05) is 36.9 Å². The highest BCUT2D eigenvalue weighted by Crippen LogP contribution is 2.68. The average molecular weight is 743 g/mol. The van der Waals surface area contributed by atoms with E-state index < -0.39 is 10.8 Å². The quantitative estimate of drug-likeness (QED) is 0.155. The number of rotatable bonds is 8. The van der Waals surface area contributed by atoms with Crippen LogP contribution in [0.3, 0.4) is 0 Å². The highest BCUT2D eigenvalue weighted by Gasteiger charge is 2.61. The van der Waals surface area contributed by atoms with Gasteiger partial charge in [0.15, 0.2) is 0 Å². The summed E-state index contributed by atoms with van der Waals surface area (Å²) in [4.78, 5) is 13.9. The maximum atomic E-state index is 4.61. The normalized spacial score (nSPS) is 17.1. The lowest BCUT2D eigenvalue weighted by Crippen LogP contribution is -2.52. The van der Waals surface area contributed by atoms with E-state index in [0.717, 1.165) is 34.1 Å². The van der Waals surface area contributed by atoms with Gasteiger partial charge in [-0.15, -0.1) is 0 Å². The Labute approximate surface area is 339 Å². The van der Waals surface area contributed by atoms with Crippen molar-refractivity contribution in [2.75, 3.05) is 9.80 Å². The van der Waals surface area contributed by atoms with Gasteiger partial charge >= 0.3 is 0 Å². The summed E-state index contributed by atoms with van der Waals surface area (Å²) in [7, 11) is 0. The van der Waals surface area contributed by atoms with Crippen molar-refractivity contribution in [2.24, 2.45) is 0 Å². The van der Waals surface area contributed by atoms with E-state index >= 15 is 0 Å². The van der Waals surface area contributed by atoms with E-state index in [4.69, 9.17) is 0 Å². The van der Waals surface area contributed by atoms with Crippen LogP contribution in [-0.2, 0) is 10.8 Å². The van der Waals surface area contributed by atoms with Gasteiger partial charge in [-0.1, -0.05) is 146 Å². The molecule has 2 bridgehead atoms. The molecule has 274 valence electrons. The van der Waals surface area contributed by atoms with Gasteiger partial charge in [-0.2, -0.15) is 0 Å². The molecule has 3 aliphatic carbocycles. The summed E-state index contributed by atoms with van der Waals surface area (Å²) >= 11 is 0. The third-order valence-corrected chi connectivity index (χ3v) is 12.1. The Morgan fingerprint density at radius 3 is 0.845 bits per heavy atom. The molecule has 9 aromatic rings. The molecule has 0 unspecified atom stereocenters. The smallest absolute Gasteiger partial charge is 0.0731 e. The van der Waals surface area contributed by atoms with Crippen molar-refractivity contribution in [3.05, 3.63) is 276 Å². The fourth-order valence-corrected chi connectivity index (χ4v) is 10.1. The van der Waals surface area contributed by atoms with E-state index in [2.05, 4.69) is 214 Å². The summed E-state index contributed by atoms with van der Waals surface area (Å²) in [6, 6.07) is 75.2. The van der Waals surface area contributed by atoms with Crippen LogP contribution in [-0.4, -0.2) is 9.97 Å². The first-order chi connectivity index (χ1) is 28.8. The van der Waals surface area contributed by atoms with Crippen molar-refractivity contribution in [1.82, 2.24) is 9.97 Å². The van der Waals surface area contributed by atoms with Crippen molar-refractivity contribution in [2.45, 2.75) is 10.8 Å². The topological polar surface area (TPSA) is 32.3 Å². The van der Waals surface area contributed by atoms with Gasteiger partial charge < -0.3 is 9.80 Å². The maximum Gasteiger partial charge on any atom is 0.0731 e. The van der Waals surface area contributed by atoms with E-state index in [0.29, 0.717) is 0 Å². The number of aromatic nitrogens is 2. The van der Waals surface area contributed by atoms with Crippen molar-refractivity contribution < 1.29 is 0 Å².